The Balaban J connectivity index is 1.63. The second kappa shape index (κ2) is 6.11. The lowest BCUT2D eigenvalue weighted by atomic mass is 10.0. The topological polar surface area (TPSA) is 41.4 Å². The quantitative estimate of drug-likeness (QED) is 0.845. The van der Waals surface area contributed by atoms with Gasteiger partial charge in [-0.1, -0.05) is 0 Å². The van der Waals surface area contributed by atoms with E-state index in [0.717, 1.165) is 37.3 Å². The van der Waals surface area contributed by atoms with Crippen molar-refractivity contribution >= 4 is 5.91 Å². The van der Waals surface area contributed by atoms with Gasteiger partial charge in [0.2, 0.25) is 0 Å². The molecule has 5 heteroatoms. The zero-order valence-electron chi connectivity index (χ0n) is 16.2. The first-order chi connectivity index (χ1) is 11.9. The molecule has 138 valence electrons. The first-order valence-corrected chi connectivity index (χ1v) is 9.98. The summed E-state index contributed by atoms with van der Waals surface area (Å²) in [7, 11) is 2.21. The highest BCUT2D eigenvalue weighted by molar-refractivity contribution is 5.93. The lowest BCUT2D eigenvalue weighted by molar-refractivity contribution is 0.0644. The van der Waals surface area contributed by atoms with Crippen molar-refractivity contribution in [3.05, 3.63) is 17.5 Å². The van der Waals surface area contributed by atoms with Gasteiger partial charge in [-0.05, 0) is 79.0 Å². The van der Waals surface area contributed by atoms with Crippen LogP contribution in [0.25, 0.3) is 0 Å². The van der Waals surface area contributed by atoms with Gasteiger partial charge in [-0.15, -0.1) is 0 Å². The lowest BCUT2D eigenvalue weighted by Crippen LogP contribution is -2.48. The summed E-state index contributed by atoms with van der Waals surface area (Å²) in [6, 6.07) is 2.98. The van der Waals surface area contributed by atoms with E-state index in [1.54, 1.807) is 0 Å². The molecule has 1 saturated carbocycles. The van der Waals surface area contributed by atoms with Crippen LogP contribution < -0.4 is 0 Å². The van der Waals surface area contributed by atoms with Crippen LogP contribution in [0.1, 0.15) is 81.4 Å². The fourth-order valence-electron chi connectivity index (χ4n) is 4.66. The largest absolute Gasteiger partial charge is 0.333 e. The Morgan fingerprint density at radius 3 is 2.36 bits per heavy atom. The highest BCUT2D eigenvalue weighted by Gasteiger charge is 2.40. The van der Waals surface area contributed by atoms with Gasteiger partial charge in [-0.25, -0.2) is 0 Å². The van der Waals surface area contributed by atoms with Crippen molar-refractivity contribution in [3.63, 3.8) is 0 Å². The van der Waals surface area contributed by atoms with Gasteiger partial charge in [0.05, 0.1) is 11.2 Å². The number of likely N-dealkylation sites (N-methyl/N-ethyl adjacent to an activating group) is 1. The molecule has 2 unspecified atom stereocenters. The Morgan fingerprint density at radius 1 is 1.08 bits per heavy atom. The zero-order valence-corrected chi connectivity index (χ0v) is 16.2. The van der Waals surface area contributed by atoms with E-state index in [9.17, 15) is 4.79 Å². The van der Waals surface area contributed by atoms with Crippen LogP contribution >= 0.6 is 0 Å². The summed E-state index contributed by atoms with van der Waals surface area (Å²) in [6.07, 6.45) is 7.17. The molecule has 3 fully saturated rings. The average molecular weight is 345 g/mol. The van der Waals surface area contributed by atoms with Gasteiger partial charge in [-0.3, -0.25) is 9.48 Å². The third-order valence-electron chi connectivity index (χ3n) is 6.16. The number of nitrogens with zero attached hydrogens (tertiary/aromatic N) is 4. The van der Waals surface area contributed by atoms with E-state index in [2.05, 4.69) is 43.7 Å². The molecule has 1 aromatic rings. The summed E-state index contributed by atoms with van der Waals surface area (Å²) in [4.78, 5) is 18.1. The van der Waals surface area contributed by atoms with Gasteiger partial charge in [0, 0.05) is 24.5 Å². The summed E-state index contributed by atoms with van der Waals surface area (Å²) < 4.78 is 1.98. The number of likely N-dealkylation sites (tertiary alicyclic amines) is 2. The Labute approximate surface area is 151 Å². The Morgan fingerprint density at radius 2 is 1.76 bits per heavy atom. The van der Waals surface area contributed by atoms with E-state index in [0.29, 0.717) is 18.0 Å². The van der Waals surface area contributed by atoms with Gasteiger partial charge >= 0.3 is 0 Å². The molecule has 1 aromatic heterocycles. The molecule has 4 rings (SSSR count). The normalized spacial score (nSPS) is 28.1. The fourth-order valence-corrected chi connectivity index (χ4v) is 4.66. The molecule has 3 heterocycles. The van der Waals surface area contributed by atoms with Crippen LogP contribution in [-0.2, 0) is 5.54 Å². The molecule has 2 saturated heterocycles. The van der Waals surface area contributed by atoms with Crippen LogP contribution in [0.3, 0.4) is 0 Å². The Hall–Kier alpha value is -1.36. The van der Waals surface area contributed by atoms with Gasteiger partial charge in [-0.2, -0.15) is 5.10 Å². The maximum Gasteiger partial charge on any atom is 0.272 e. The minimum Gasteiger partial charge on any atom is -0.333 e. The molecule has 0 radical (unpaired) electrons. The summed E-state index contributed by atoms with van der Waals surface area (Å²) in [5.74, 6) is 0.766. The predicted molar refractivity (Wildman–Crippen MR) is 98.9 cm³/mol. The first kappa shape index (κ1) is 17.1. The standard InChI is InChI=1S/C20H32N4O/c1-20(2,3)24-18(13-15(21-24)14-9-10-14)19(25)23-12-6-8-17(23)16-7-5-11-22(16)4/h13-14,16-17H,5-12H2,1-4H3. The van der Waals surface area contributed by atoms with E-state index < -0.39 is 0 Å². The number of aromatic nitrogens is 2. The van der Waals surface area contributed by atoms with Crippen LogP contribution in [-0.4, -0.2) is 57.7 Å². The molecule has 0 spiro atoms. The van der Waals surface area contributed by atoms with Crippen LogP contribution in [0.15, 0.2) is 6.07 Å². The summed E-state index contributed by atoms with van der Waals surface area (Å²) in [5, 5.41) is 4.83. The van der Waals surface area contributed by atoms with Crippen molar-refractivity contribution in [2.45, 2.75) is 82.8 Å². The molecule has 2 atom stereocenters. The third kappa shape index (κ3) is 3.12. The molecule has 1 aliphatic carbocycles. The van der Waals surface area contributed by atoms with Gasteiger partial charge < -0.3 is 9.80 Å². The molecule has 5 nitrogen and oxygen atoms in total. The van der Waals surface area contributed by atoms with Crippen LogP contribution in [0.4, 0.5) is 0 Å². The molecule has 0 bridgehead atoms. The van der Waals surface area contributed by atoms with Crippen LogP contribution in [0.2, 0.25) is 0 Å². The van der Waals surface area contributed by atoms with Crippen LogP contribution in [0.5, 0.6) is 0 Å². The summed E-state index contributed by atoms with van der Waals surface area (Å²) in [6.45, 7) is 8.47. The highest BCUT2D eigenvalue weighted by Crippen LogP contribution is 2.40. The van der Waals surface area contributed by atoms with E-state index in [1.165, 1.54) is 25.7 Å². The van der Waals surface area contributed by atoms with Gasteiger partial charge in [0.25, 0.3) is 5.91 Å². The molecule has 3 aliphatic rings. The maximum atomic E-state index is 13.5. The minimum absolute atomic E-state index is 0.169. The van der Waals surface area contributed by atoms with Crippen LogP contribution in [0, 0.1) is 0 Å². The van der Waals surface area contributed by atoms with E-state index >= 15 is 0 Å². The second-order valence-corrected chi connectivity index (χ2v) is 9.21. The molecular weight excluding hydrogens is 312 g/mol. The molecule has 2 aliphatic heterocycles. The summed E-state index contributed by atoms with van der Waals surface area (Å²) >= 11 is 0. The maximum absolute atomic E-state index is 13.5. The lowest BCUT2D eigenvalue weighted by Gasteiger charge is -2.34. The van der Waals surface area contributed by atoms with Gasteiger partial charge in [0.15, 0.2) is 0 Å². The van der Waals surface area contributed by atoms with E-state index in [-0.39, 0.29) is 11.4 Å². The second-order valence-electron chi connectivity index (χ2n) is 9.21. The number of rotatable bonds is 3. The number of carbonyl (C=O) groups excluding carboxylic acids is 1. The van der Waals surface area contributed by atoms with Crippen molar-refractivity contribution in [2.75, 3.05) is 20.1 Å². The molecule has 0 N–H and O–H groups in total. The average Bonchev–Trinajstić information content (AvgIpc) is 2.99. The number of hydrogen-bond acceptors (Lipinski definition) is 3. The van der Waals surface area contributed by atoms with Gasteiger partial charge in [0.1, 0.15) is 5.69 Å². The Kier molecular flexibility index (Phi) is 4.18. The monoisotopic (exact) mass is 344 g/mol. The smallest absolute Gasteiger partial charge is 0.272 e. The Bertz CT molecular complexity index is 655. The number of carbonyl (C=O) groups is 1. The SMILES string of the molecule is CN1CCCC1C1CCCN1C(=O)c1cc(C2CC2)nn1C(C)(C)C. The summed E-state index contributed by atoms with van der Waals surface area (Å²) in [5.41, 5.74) is 1.74. The fraction of sp³-hybridized carbons (Fsp3) is 0.800. The molecule has 25 heavy (non-hydrogen) atoms. The third-order valence-corrected chi connectivity index (χ3v) is 6.16. The molecule has 0 aromatic carbocycles. The van der Waals surface area contributed by atoms with Crippen molar-refractivity contribution < 1.29 is 4.79 Å². The zero-order chi connectivity index (χ0) is 17.8. The molecular formula is C20H32N4O. The first-order valence-electron chi connectivity index (χ1n) is 9.98. The van der Waals surface area contributed by atoms with Crippen molar-refractivity contribution in [3.8, 4) is 0 Å². The van der Waals surface area contributed by atoms with Crippen molar-refractivity contribution in [2.24, 2.45) is 0 Å². The van der Waals surface area contributed by atoms with E-state index in [4.69, 9.17) is 5.10 Å². The number of amides is 1. The molecule has 1 amide bonds. The van der Waals surface area contributed by atoms with Crippen molar-refractivity contribution in [1.29, 1.82) is 0 Å². The highest BCUT2D eigenvalue weighted by atomic mass is 16.2. The predicted octanol–water partition coefficient (Wildman–Crippen LogP) is 3.21. The van der Waals surface area contributed by atoms with E-state index in [1.807, 2.05) is 4.68 Å². The van der Waals surface area contributed by atoms with Crippen molar-refractivity contribution in [1.82, 2.24) is 19.6 Å². The number of hydrogen-bond donors (Lipinski definition) is 0. The minimum atomic E-state index is -0.169.